The van der Waals surface area contributed by atoms with E-state index in [2.05, 4.69) is 11.8 Å². The number of esters is 1. The first-order chi connectivity index (χ1) is 9.51. The Morgan fingerprint density at radius 2 is 1.90 bits per heavy atom. The third-order valence-corrected chi connectivity index (χ3v) is 4.00. The van der Waals surface area contributed by atoms with E-state index < -0.39 is 5.54 Å². The summed E-state index contributed by atoms with van der Waals surface area (Å²) < 4.78 is 5.01. The molecule has 2 N–H and O–H groups in total. The molecular weight excluding hydrogens is 252 g/mol. The van der Waals surface area contributed by atoms with E-state index in [0.717, 1.165) is 25.4 Å². The summed E-state index contributed by atoms with van der Waals surface area (Å²) in [4.78, 5) is 14.3. The molecule has 0 amide bonds. The van der Waals surface area contributed by atoms with Gasteiger partial charge in [-0.15, -0.1) is 0 Å². The maximum absolute atomic E-state index is 11.7. The quantitative estimate of drug-likeness (QED) is 0.468. The van der Waals surface area contributed by atoms with Gasteiger partial charge in [-0.3, -0.25) is 4.79 Å². The average molecular weight is 284 g/mol. The highest BCUT2D eigenvalue weighted by molar-refractivity contribution is 5.79. The Balaban J connectivity index is 2.20. The Kier molecular flexibility index (Phi) is 7.52. The molecule has 0 radical (unpaired) electrons. The molecule has 0 aromatic rings. The van der Waals surface area contributed by atoms with Crippen LogP contribution in [-0.2, 0) is 9.53 Å². The normalized spacial score (nSPS) is 18.1. The van der Waals surface area contributed by atoms with Crippen molar-refractivity contribution in [2.45, 2.75) is 77.3 Å². The second-order valence-corrected chi connectivity index (χ2v) is 6.22. The first-order valence-electron chi connectivity index (χ1n) is 8.21. The Morgan fingerprint density at radius 3 is 2.45 bits per heavy atom. The number of nitrogens with zero attached hydrogens (tertiary/aromatic N) is 1. The first-order valence-corrected chi connectivity index (χ1v) is 8.21. The molecule has 20 heavy (non-hydrogen) atoms. The van der Waals surface area contributed by atoms with Crippen LogP contribution in [0.1, 0.15) is 65.7 Å². The Hall–Kier alpha value is -0.610. The highest BCUT2D eigenvalue weighted by Crippen LogP contribution is 2.27. The van der Waals surface area contributed by atoms with Crippen molar-refractivity contribution in [3.8, 4) is 0 Å². The topological polar surface area (TPSA) is 55.6 Å². The summed E-state index contributed by atoms with van der Waals surface area (Å²) in [5.41, 5.74) is 5.20. The Labute approximate surface area is 124 Å². The smallest absolute Gasteiger partial charge is 0.325 e. The van der Waals surface area contributed by atoms with E-state index in [1.54, 1.807) is 6.92 Å². The fraction of sp³-hybridized carbons (Fsp3) is 0.938. The van der Waals surface area contributed by atoms with Crippen molar-refractivity contribution in [1.82, 2.24) is 4.90 Å². The van der Waals surface area contributed by atoms with Gasteiger partial charge in [0, 0.05) is 6.04 Å². The summed E-state index contributed by atoms with van der Waals surface area (Å²) in [6.45, 7) is 8.60. The Morgan fingerprint density at radius 1 is 1.25 bits per heavy atom. The fourth-order valence-corrected chi connectivity index (χ4v) is 2.48. The number of nitrogens with two attached hydrogens (primary N) is 1. The lowest BCUT2D eigenvalue weighted by Gasteiger charge is -2.24. The molecule has 1 aliphatic carbocycles. The summed E-state index contributed by atoms with van der Waals surface area (Å²) in [6.07, 6.45) is 8.08. The molecule has 1 unspecified atom stereocenters. The van der Waals surface area contributed by atoms with E-state index in [0.29, 0.717) is 13.0 Å². The monoisotopic (exact) mass is 284 g/mol. The van der Waals surface area contributed by atoms with Crippen molar-refractivity contribution in [1.29, 1.82) is 0 Å². The summed E-state index contributed by atoms with van der Waals surface area (Å²) in [6, 6.07) is 0.830. The van der Waals surface area contributed by atoms with Crippen LogP contribution in [0.3, 0.4) is 0 Å². The van der Waals surface area contributed by atoms with Gasteiger partial charge in [-0.2, -0.15) is 0 Å². The Bertz CT molecular complexity index is 288. The first kappa shape index (κ1) is 17.4. The predicted molar refractivity (Wildman–Crippen MR) is 82.6 cm³/mol. The number of rotatable bonds is 11. The fourth-order valence-electron chi connectivity index (χ4n) is 2.48. The van der Waals surface area contributed by atoms with E-state index in [4.69, 9.17) is 10.5 Å². The van der Waals surface area contributed by atoms with E-state index in [-0.39, 0.29) is 5.97 Å². The van der Waals surface area contributed by atoms with Crippen LogP contribution in [0, 0.1) is 0 Å². The minimum Gasteiger partial charge on any atom is -0.465 e. The minimum atomic E-state index is -0.830. The largest absolute Gasteiger partial charge is 0.465 e. The molecule has 0 saturated heterocycles. The summed E-state index contributed by atoms with van der Waals surface area (Å²) in [7, 11) is 0. The molecule has 118 valence electrons. The number of carbonyl (C=O) groups excluding carboxylic acids is 1. The van der Waals surface area contributed by atoms with Crippen LogP contribution in [0.25, 0.3) is 0 Å². The van der Waals surface area contributed by atoms with Gasteiger partial charge in [0.05, 0.1) is 6.61 Å². The molecule has 1 aliphatic rings. The molecule has 1 saturated carbocycles. The zero-order valence-corrected chi connectivity index (χ0v) is 13.5. The van der Waals surface area contributed by atoms with Gasteiger partial charge in [0.2, 0.25) is 0 Å². The van der Waals surface area contributed by atoms with Crippen molar-refractivity contribution >= 4 is 5.97 Å². The van der Waals surface area contributed by atoms with Crippen LogP contribution < -0.4 is 5.73 Å². The van der Waals surface area contributed by atoms with Gasteiger partial charge in [-0.05, 0) is 65.5 Å². The standard InChI is InChI=1S/C16H32N2O2/c1-4-6-12-18(14-9-10-14)13-8-7-11-16(3,17)15(19)20-5-2/h14H,4-13,17H2,1-3H3. The summed E-state index contributed by atoms with van der Waals surface area (Å²) in [5, 5.41) is 0. The van der Waals surface area contributed by atoms with Gasteiger partial charge in [0.15, 0.2) is 0 Å². The molecule has 0 aliphatic heterocycles. The van der Waals surface area contributed by atoms with Crippen molar-refractivity contribution in [3.63, 3.8) is 0 Å². The number of ether oxygens (including phenoxy) is 1. The molecule has 0 bridgehead atoms. The molecule has 0 aromatic carbocycles. The molecule has 1 atom stereocenters. The predicted octanol–water partition coefficient (Wildman–Crippen LogP) is 2.70. The molecule has 0 heterocycles. The third-order valence-electron chi connectivity index (χ3n) is 4.00. The SMILES string of the molecule is CCCCN(CCCCC(C)(N)C(=O)OCC)C1CC1. The minimum absolute atomic E-state index is 0.273. The molecule has 0 spiro atoms. The van der Waals surface area contributed by atoms with Crippen LogP contribution in [0.2, 0.25) is 0 Å². The number of unbranched alkanes of at least 4 members (excludes halogenated alkanes) is 2. The third kappa shape index (κ3) is 6.23. The molecule has 0 aromatic heterocycles. The van der Waals surface area contributed by atoms with Gasteiger partial charge >= 0.3 is 5.97 Å². The second kappa shape index (κ2) is 8.63. The van der Waals surface area contributed by atoms with E-state index in [1.165, 1.54) is 32.2 Å². The van der Waals surface area contributed by atoms with Crippen molar-refractivity contribution in [2.24, 2.45) is 5.73 Å². The van der Waals surface area contributed by atoms with Gasteiger partial charge in [0.1, 0.15) is 5.54 Å². The maximum atomic E-state index is 11.7. The second-order valence-electron chi connectivity index (χ2n) is 6.22. The molecule has 4 nitrogen and oxygen atoms in total. The van der Waals surface area contributed by atoms with E-state index in [9.17, 15) is 4.79 Å². The zero-order valence-electron chi connectivity index (χ0n) is 13.5. The van der Waals surface area contributed by atoms with Crippen LogP contribution in [0.4, 0.5) is 0 Å². The lowest BCUT2D eigenvalue weighted by atomic mass is 9.96. The zero-order chi connectivity index (χ0) is 15.0. The van der Waals surface area contributed by atoms with Crippen LogP contribution in [0.5, 0.6) is 0 Å². The molecule has 1 rings (SSSR count). The van der Waals surface area contributed by atoms with Crippen molar-refractivity contribution in [3.05, 3.63) is 0 Å². The van der Waals surface area contributed by atoms with Gasteiger partial charge < -0.3 is 15.4 Å². The molecule has 4 heteroatoms. The molecular formula is C16H32N2O2. The van der Waals surface area contributed by atoms with Gasteiger partial charge in [0.25, 0.3) is 0 Å². The number of hydrogen-bond donors (Lipinski definition) is 1. The van der Waals surface area contributed by atoms with Crippen molar-refractivity contribution < 1.29 is 9.53 Å². The summed E-state index contributed by atoms with van der Waals surface area (Å²) >= 11 is 0. The lowest BCUT2D eigenvalue weighted by molar-refractivity contribution is -0.149. The highest BCUT2D eigenvalue weighted by atomic mass is 16.5. The molecule has 1 fully saturated rings. The highest BCUT2D eigenvalue weighted by Gasteiger charge is 2.30. The van der Waals surface area contributed by atoms with Gasteiger partial charge in [-0.1, -0.05) is 13.3 Å². The van der Waals surface area contributed by atoms with Crippen LogP contribution in [0.15, 0.2) is 0 Å². The number of hydrogen-bond acceptors (Lipinski definition) is 4. The van der Waals surface area contributed by atoms with Crippen molar-refractivity contribution in [2.75, 3.05) is 19.7 Å². The summed E-state index contributed by atoms with van der Waals surface area (Å²) in [5.74, 6) is -0.273. The van der Waals surface area contributed by atoms with Gasteiger partial charge in [-0.25, -0.2) is 0 Å². The van der Waals surface area contributed by atoms with E-state index in [1.807, 2.05) is 6.92 Å². The maximum Gasteiger partial charge on any atom is 0.325 e. The van der Waals surface area contributed by atoms with Crippen LogP contribution >= 0.6 is 0 Å². The van der Waals surface area contributed by atoms with Crippen LogP contribution in [-0.4, -0.2) is 42.1 Å². The van der Waals surface area contributed by atoms with E-state index >= 15 is 0 Å². The number of carbonyl (C=O) groups is 1. The lowest BCUT2D eigenvalue weighted by Crippen LogP contribution is -2.46. The average Bonchev–Trinajstić information content (AvgIpc) is 3.22.